The molecule has 0 unspecified atom stereocenters. The summed E-state index contributed by atoms with van der Waals surface area (Å²) in [6, 6.07) is 10.1. The van der Waals surface area contributed by atoms with E-state index in [0.29, 0.717) is 11.2 Å². The predicted octanol–water partition coefficient (Wildman–Crippen LogP) is 2.88. The number of para-hydroxylation sites is 1. The lowest BCUT2D eigenvalue weighted by atomic mass is 10.0. The van der Waals surface area contributed by atoms with Crippen LogP contribution in [0, 0.1) is 12.5 Å². The first-order valence-electron chi connectivity index (χ1n) is 13.5. The van der Waals surface area contributed by atoms with E-state index < -0.39 is 50.4 Å². The fourth-order valence-corrected chi connectivity index (χ4v) is 6.00. The first-order valence-corrected chi connectivity index (χ1v) is 15.0. The highest BCUT2D eigenvalue weighted by Crippen LogP contribution is 2.49. The highest BCUT2D eigenvalue weighted by Gasteiger charge is 2.62. The Kier molecular flexibility index (Phi) is 9.83. The van der Waals surface area contributed by atoms with Gasteiger partial charge in [0.15, 0.2) is 18.5 Å². The lowest BCUT2D eigenvalue weighted by molar-refractivity contribution is -0.146. The Labute approximate surface area is 243 Å². The molecular weight excluding hydrogens is 567 g/mol. The maximum Gasteiger partial charge on any atom is 0.459 e. The van der Waals surface area contributed by atoms with Crippen molar-refractivity contribution < 1.29 is 38.1 Å². The van der Waals surface area contributed by atoms with Crippen LogP contribution in [0.3, 0.4) is 0 Å². The van der Waals surface area contributed by atoms with E-state index in [4.69, 9.17) is 30.8 Å². The van der Waals surface area contributed by atoms with Gasteiger partial charge in [0.1, 0.15) is 35.8 Å². The molecule has 1 saturated heterocycles. The number of anilines is 1. The third-order valence-corrected chi connectivity index (χ3v) is 8.77. The van der Waals surface area contributed by atoms with Crippen molar-refractivity contribution in [3.8, 4) is 5.75 Å². The topological polar surface area (TPSA) is 184 Å². The predicted molar refractivity (Wildman–Crippen MR) is 151 cm³/mol. The fourth-order valence-electron chi connectivity index (χ4n) is 4.49. The third-order valence-electron chi connectivity index (χ3n) is 7.15. The van der Waals surface area contributed by atoms with Crippen molar-refractivity contribution in [3.63, 3.8) is 0 Å². The molecule has 3 heterocycles. The number of hydrogen-bond donors (Lipinski definition) is 4. The number of fused-ring (bicyclic) bond motifs is 1. The maximum atomic E-state index is 14.0. The lowest BCUT2D eigenvalue weighted by Gasteiger charge is -2.26. The largest absolute Gasteiger partial charge is 0.464 e. The molecule has 4 rings (SSSR count). The van der Waals surface area contributed by atoms with Crippen LogP contribution in [-0.2, 0) is 23.4 Å². The molecular formula is C27H35N6O8P. The minimum Gasteiger partial charge on any atom is -0.464 e. The molecule has 1 fully saturated rings. The number of aromatic nitrogens is 3. The number of aliphatic hydroxyl groups is 2. The molecule has 226 valence electrons. The molecule has 1 aliphatic heterocycles. The monoisotopic (exact) mass is 602 g/mol. The van der Waals surface area contributed by atoms with Crippen LogP contribution in [0.25, 0.3) is 10.4 Å². The Morgan fingerprint density at radius 1 is 1.26 bits per heavy atom. The first-order chi connectivity index (χ1) is 20.1. The van der Waals surface area contributed by atoms with Crippen molar-refractivity contribution in [2.45, 2.75) is 63.7 Å². The molecule has 0 aliphatic carbocycles. The second-order valence-electron chi connectivity index (χ2n) is 9.97. The second-order valence-corrected chi connectivity index (χ2v) is 11.7. The molecule has 0 saturated carbocycles. The number of nitrogen functional groups attached to an aromatic ring is 1. The van der Waals surface area contributed by atoms with Crippen molar-refractivity contribution in [1.82, 2.24) is 19.7 Å². The van der Waals surface area contributed by atoms with E-state index in [1.165, 1.54) is 29.9 Å². The molecule has 5 N–H and O–H groups in total. The van der Waals surface area contributed by atoms with Gasteiger partial charge in [-0.25, -0.2) is 20.6 Å². The minimum absolute atomic E-state index is 0.158. The zero-order valence-electron chi connectivity index (χ0n) is 23.5. The third kappa shape index (κ3) is 6.57. The number of carbonyl (C=O) groups excluding carboxylic acids is 1. The zero-order chi connectivity index (χ0) is 30.5. The summed E-state index contributed by atoms with van der Waals surface area (Å²) in [5.41, 5.74) is 4.44. The van der Waals surface area contributed by atoms with Gasteiger partial charge in [0.25, 0.3) is 0 Å². The van der Waals surface area contributed by atoms with Gasteiger partial charge in [-0.2, -0.15) is 10.2 Å². The number of esters is 1. The van der Waals surface area contributed by atoms with E-state index >= 15 is 0 Å². The van der Waals surface area contributed by atoms with Crippen LogP contribution in [0.15, 0.2) is 48.8 Å². The highest BCUT2D eigenvalue weighted by molar-refractivity contribution is 7.52. The van der Waals surface area contributed by atoms with E-state index in [-0.39, 0.29) is 24.1 Å². The molecule has 14 nitrogen and oxygen atoms in total. The average molecular weight is 603 g/mol. The van der Waals surface area contributed by atoms with Crippen molar-refractivity contribution in [2.75, 3.05) is 18.9 Å². The number of aliphatic hydroxyl groups excluding tert-OH is 2. The van der Waals surface area contributed by atoms with Crippen molar-refractivity contribution in [1.29, 1.82) is 0 Å². The van der Waals surface area contributed by atoms with Crippen LogP contribution in [0.2, 0.25) is 0 Å². The zero-order valence-corrected chi connectivity index (χ0v) is 24.4. The number of nitrogens with two attached hydrogens (primary N) is 1. The number of carbonyl (C=O) groups is 1. The van der Waals surface area contributed by atoms with Crippen molar-refractivity contribution in [3.05, 3.63) is 65.9 Å². The van der Waals surface area contributed by atoms with E-state index in [2.05, 4.69) is 20.0 Å². The minimum atomic E-state index is -4.40. The van der Waals surface area contributed by atoms with E-state index in [0.717, 1.165) is 12.8 Å². The van der Waals surface area contributed by atoms with Gasteiger partial charge in [0, 0.05) is 0 Å². The molecule has 0 bridgehead atoms. The number of ether oxygens (including phenoxy) is 2. The maximum absolute atomic E-state index is 14.0. The number of nitrogens with zero attached hydrogens (tertiary/aromatic N) is 4. The molecule has 0 radical (unpaired) electrons. The molecule has 6 atom stereocenters. The summed E-state index contributed by atoms with van der Waals surface area (Å²) < 4.78 is 37.9. The van der Waals surface area contributed by atoms with E-state index in [9.17, 15) is 19.6 Å². The lowest BCUT2D eigenvalue weighted by Crippen LogP contribution is -2.45. The van der Waals surface area contributed by atoms with Gasteiger partial charge in [-0.05, 0) is 37.1 Å². The van der Waals surface area contributed by atoms with Crippen molar-refractivity contribution >= 4 is 25.1 Å². The van der Waals surface area contributed by atoms with Crippen LogP contribution in [0.4, 0.5) is 5.82 Å². The second kappa shape index (κ2) is 13.2. The SMILES string of the molecule is [C-]#[N+][C@]1(CO[P@@](=O)(N[C@@H](C)C(=O)OCC(CC)CC)Oc2ccccc2)O[C@@H](c2ccc3c(N)ncnn23)[C@H](O)[C@@H]1O. The number of nitrogens with one attached hydrogen (secondary N) is 1. The van der Waals surface area contributed by atoms with Gasteiger partial charge < -0.3 is 25.2 Å². The van der Waals surface area contributed by atoms with Gasteiger partial charge in [0.05, 0.1) is 12.3 Å². The normalized spacial score (nSPS) is 24.3. The molecule has 1 aromatic carbocycles. The van der Waals surface area contributed by atoms with Crippen LogP contribution in [0.5, 0.6) is 5.75 Å². The summed E-state index contributed by atoms with van der Waals surface area (Å²) in [6.45, 7) is 12.7. The smallest absolute Gasteiger partial charge is 0.459 e. The van der Waals surface area contributed by atoms with Gasteiger partial charge >= 0.3 is 19.4 Å². The Hall–Kier alpha value is -3.57. The Morgan fingerprint density at radius 3 is 2.64 bits per heavy atom. The van der Waals surface area contributed by atoms with Gasteiger partial charge in [-0.1, -0.05) is 44.9 Å². The summed E-state index contributed by atoms with van der Waals surface area (Å²) in [7, 11) is -4.40. The Morgan fingerprint density at radius 2 is 1.98 bits per heavy atom. The number of benzene rings is 1. The van der Waals surface area contributed by atoms with Crippen molar-refractivity contribution in [2.24, 2.45) is 5.92 Å². The molecule has 15 heteroatoms. The molecule has 3 aromatic rings. The molecule has 0 spiro atoms. The number of hydrogen-bond acceptors (Lipinski definition) is 11. The summed E-state index contributed by atoms with van der Waals surface area (Å²) >= 11 is 0. The van der Waals surface area contributed by atoms with Crippen LogP contribution in [-0.4, -0.2) is 68.0 Å². The van der Waals surface area contributed by atoms with Gasteiger partial charge in [-0.3, -0.25) is 18.9 Å². The average Bonchev–Trinajstić information content (AvgIpc) is 3.52. The Bertz CT molecular complexity index is 1460. The van der Waals surface area contributed by atoms with E-state index in [1.807, 2.05) is 13.8 Å². The standard InChI is InChI=1S/C27H35N6O8P/c1-5-18(6-2)14-38-26(36)17(3)32-42(37,41-19-10-8-7-9-11-19)39-15-27(29-4)24(35)22(34)23(40-27)20-12-13-21-25(28)30-16-31-33(20)21/h7-13,16-18,22-24,34-35H,5-6,14-15H2,1-3H3,(H,32,37)(H2,28,30,31)/t17-,22-,23-,24-,27+,42-/m0/s1. The Balaban J connectivity index is 1.55. The fraction of sp³-hybridized carbons (Fsp3) is 0.481. The van der Waals surface area contributed by atoms with Crippen LogP contribution >= 0.6 is 7.75 Å². The summed E-state index contributed by atoms with van der Waals surface area (Å²) in [5.74, 6) is -0.146. The van der Waals surface area contributed by atoms with Gasteiger partial charge in [-0.15, -0.1) is 0 Å². The van der Waals surface area contributed by atoms with Crippen LogP contribution in [0.1, 0.15) is 45.4 Å². The van der Waals surface area contributed by atoms with E-state index in [1.54, 1.807) is 30.3 Å². The first kappa shape index (κ1) is 31.4. The molecule has 42 heavy (non-hydrogen) atoms. The summed E-state index contributed by atoms with van der Waals surface area (Å²) in [5, 5.41) is 28.6. The number of rotatable bonds is 13. The molecule has 0 amide bonds. The summed E-state index contributed by atoms with van der Waals surface area (Å²) in [4.78, 5) is 20.1. The molecule has 1 aliphatic rings. The highest BCUT2D eigenvalue weighted by atomic mass is 31.2. The quantitative estimate of drug-likeness (QED) is 0.128. The molecule has 2 aromatic heterocycles. The summed E-state index contributed by atoms with van der Waals surface area (Å²) in [6.07, 6.45) is -1.71. The van der Waals surface area contributed by atoms with Crippen LogP contribution < -0.4 is 15.3 Å². The van der Waals surface area contributed by atoms with Gasteiger partial charge in [0.2, 0.25) is 0 Å².